The van der Waals surface area contributed by atoms with Gasteiger partial charge in [-0.15, -0.1) is 12.4 Å². The van der Waals surface area contributed by atoms with Crippen LogP contribution < -0.4 is 14.2 Å². The zero-order chi connectivity index (χ0) is 21.4. The number of benzene rings is 2. The van der Waals surface area contributed by atoms with Crippen LogP contribution in [0.15, 0.2) is 41.3 Å². The van der Waals surface area contributed by atoms with E-state index in [0.717, 1.165) is 55.8 Å². The van der Waals surface area contributed by atoms with E-state index in [-0.39, 0.29) is 30.1 Å². The number of hydrogen-bond donors (Lipinski definition) is 1. The maximum atomic E-state index is 10.2. The maximum Gasteiger partial charge on any atom is 0.231 e. The van der Waals surface area contributed by atoms with Crippen molar-refractivity contribution in [3.05, 3.63) is 47.5 Å². The number of fused-ring (bicyclic) bond motifs is 2. The number of aryl methyl sites for hydroxylation is 1. The van der Waals surface area contributed by atoms with Gasteiger partial charge in [0.2, 0.25) is 6.79 Å². The Kier molecular flexibility index (Phi) is 7.15. The molecular weight excluding hydrogens is 446 g/mol. The van der Waals surface area contributed by atoms with E-state index in [0.29, 0.717) is 12.8 Å². The smallest absolute Gasteiger partial charge is 0.231 e. The molecule has 0 bridgehead atoms. The summed E-state index contributed by atoms with van der Waals surface area (Å²) >= 11 is 1.86. The van der Waals surface area contributed by atoms with Crippen molar-refractivity contribution in [2.45, 2.75) is 74.3 Å². The Morgan fingerprint density at radius 2 is 1.81 bits per heavy atom. The summed E-state index contributed by atoms with van der Waals surface area (Å²) in [4.78, 5) is 3.38. The molecule has 2 atom stereocenters. The van der Waals surface area contributed by atoms with Gasteiger partial charge in [-0.3, -0.25) is 4.90 Å². The molecule has 2 aromatic carbocycles. The Hall–Kier alpha value is -1.60. The van der Waals surface area contributed by atoms with Crippen LogP contribution in [0.1, 0.15) is 63.1 Å². The van der Waals surface area contributed by atoms with Crippen molar-refractivity contribution in [3.8, 4) is 17.2 Å². The number of aliphatic hydroxyl groups is 1. The molecule has 2 aromatic rings. The molecule has 0 spiro atoms. The predicted octanol–water partition coefficient (Wildman–Crippen LogP) is 5.93. The zero-order valence-electron chi connectivity index (χ0n) is 18.7. The highest BCUT2D eigenvalue weighted by atomic mass is 35.5. The standard InChI is InChI=1S/C25H31NO4S.ClH/c1-3-25(4-2)30-22-12-7-18(14-24(22)31-25)20-10-9-19(26(20)15-27)8-5-17-6-11-21-23(13-17)29-16-28-21;/h6-7,11-14,19-20,27H,3-5,8-10,15-16H2,1-2H3;1H. The van der Waals surface area contributed by atoms with Gasteiger partial charge in [0.15, 0.2) is 16.4 Å². The minimum Gasteiger partial charge on any atom is -0.475 e. The SMILES string of the molecule is CCC1(CC)Oc2ccc(C3CCC(CCc4ccc5c(c4)OCO5)N3CO)cc2S1.Cl. The van der Waals surface area contributed by atoms with Crippen LogP contribution in [0.2, 0.25) is 0 Å². The van der Waals surface area contributed by atoms with Crippen molar-refractivity contribution in [3.63, 3.8) is 0 Å². The summed E-state index contributed by atoms with van der Waals surface area (Å²) in [6.07, 6.45) is 6.15. The highest BCUT2D eigenvalue weighted by Gasteiger charge is 2.39. The van der Waals surface area contributed by atoms with E-state index in [1.807, 2.05) is 17.8 Å². The monoisotopic (exact) mass is 477 g/mol. The van der Waals surface area contributed by atoms with Gasteiger partial charge in [0.05, 0.1) is 11.6 Å². The van der Waals surface area contributed by atoms with Gasteiger partial charge in [-0.1, -0.05) is 37.7 Å². The fourth-order valence-corrected chi connectivity index (χ4v) is 6.33. The number of halogens is 1. The number of rotatable bonds is 7. The van der Waals surface area contributed by atoms with Crippen LogP contribution >= 0.6 is 24.2 Å². The number of nitrogens with zero attached hydrogens (tertiary/aromatic N) is 1. The molecule has 0 radical (unpaired) electrons. The van der Waals surface area contributed by atoms with Crippen molar-refractivity contribution in [2.75, 3.05) is 13.5 Å². The third-order valence-corrected chi connectivity index (χ3v) is 8.60. The predicted molar refractivity (Wildman–Crippen MR) is 129 cm³/mol. The fourth-order valence-electron chi connectivity index (χ4n) is 5.10. The van der Waals surface area contributed by atoms with E-state index in [1.165, 1.54) is 16.0 Å². The minimum atomic E-state index is -0.125. The Bertz CT molecular complexity index is 952. The Labute approximate surface area is 200 Å². The molecule has 0 aliphatic carbocycles. The third kappa shape index (κ3) is 4.30. The molecule has 3 aliphatic heterocycles. The topological polar surface area (TPSA) is 51.2 Å². The number of thioether (sulfide) groups is 1. The Balaban J connectivity index is 0.00000245. The van der Waals surface area contributed by atoms with E-state index in [4.69, 9.17) is 14.2 Å². The van der Waals surface area contributed by atoms with E-state index < -0.39 is 0 Å². The Morgan fingerprint density at radius 3 is 2.59 bits per heavy atom. The largest absolute Gasteiger partial charge is 0.475 e. The van der Waals surface area contributed by atoms with Crippen LogP contribution in [-0.4, -0.2) is 34.5 Å². The quantitative estimate of drug-likeness (QED) is 0.533. The highest BCUT2D eigenvalue weighted by molar-refractivity contribution is 8.00. The van der Waals surface area contributed by atoms with Crippen LogP contribution in [0.25, 0.3) is 0 Å². The summed E-state index contributed by atoms with van der Waals surface area (Å²) in [6, 6.07) is 13.4. The normalized spacial score (nSPS) is 23.0. The lowest BCUT2D eigenvalue weighted by Crippen LogP contribution is -2.32. The first kappa shape index (κ1) is 23.6. The second-order valence-corrected chi connectivity index (χ2v) is 10.0. The average Bonchev–Trinajstić information content (AvgIpc) is 3.52. The Morgan fingerprint density at radius 1 is 1.03 bits per heavy atom. The van der Waals surface area contributed by atoms with E-state index in [2.05, 4.69) is 49.1 Å². The van der Waals surface area contributed by atoms with Crippen molar-refractivity contribution < 1.29 is 19.3 Å². The number of hydrogen-bond acceptors (Lipinski definition) is 6. The first-order valence-electron chi connectivity index (χ1n) is 11.4. The molecule has 3 aliphatic rings. The molecule has 3 heterocycles. The number of aliphatic hydroxyl groups excluding tert-OH is 1. The molecule has 1 fully saturated rings. The van der Waals surface area contributed by atoms with Gasteiger partial charge >= 0.3 is 0 Å². The molecule has 1 N–H and O–H groups in total. The minimum absolute atomic E-state index is 0. The van der Waals surface area contributed by atoms with Gasteiger partial charge in [-0.2, -0.15) is 0 Å². The molecule has 5 rings (SSSR count). The van der Waals surface area contributed by atoms with Gasteiger partial charge in [-0.25, -0.2) is 0 Å². The van der Waals surface area contributed by atoms with Crippen LogP contribution in [0.4, 0.5) is 0 Å². The van der Waals surface area contributed by atoms with E-state index in [9.17, 15) is 5.11 Å². The van der Waals surface area contributed by atoms with Crippen LogP contribution in [-0.2, 0) is 6.42 Å². The summed E-state index contributed by atoms with van der Waals surface area (Å²) in [6.45, 7) is 4.78. The van der Waals surface area contributed by atoms with Gasteiger partial charge in [0.1, 0.15) is 5.75 Å². The van der Waals surface area contributed by atoms with Gasteiger partial charge in [0.25, 0.3) is 0 Å². The third-order valence-electron chi connectivity index (χ3n) is 7.03. The number of likely N-dealkylation sites (tertiary alicyclic amines) is 1. The lowest BCUT2D eigenvalue weighted by molar-refractivity contribution is 0.0595. The van der Waals surface area contributed by atoms with Crippen molar-refractivity contribution in [1.29, 1.82) is 0 Å². The average molecular weight is 478 g/mol. The zero-order valence-corrected chi connectivity index (χ0v) is 20.3. The lowest BCUT2D eigenvalue weighted by Gasteiger charge is -2.28. The maximum absolute atomic E-state index is 10.2. The second-order valence-electron chi connectivity index (χ2n) is 8.66. The van der Waals surface area contributed by atoms with Crippen LogP contribution in [0.3, 0.4) is 0 Å². The molecule has 0 saturated carbocycles. The highest BCUT2D eigenvalue weighted by Crippen LogP contribution is 2.52. The van der Waals surface area contributed by atoms with E-state index in [1.54, 1.807) is 0 Å². The summed E-state index contributed by atoms with van der Waals surface area (Å²) < 4.78 is 17.2. The molecule has 1 saturated heterocycles. The van der Waals surface area contributed by atoms with Crippen LogP contribution in [0.5, 0.6) is 17.2 Å². The van der Waals surface area contributed by atoms with E-state index >= 15 is 0 Å². The molecule has 0 amide bonds. The molecule has 7 heteroatoms. The van der Waals surface area contributed by atoms with Gasteiger partial charge < -0.3 is 19.3 Å². The summed E-state index contributed by atoms with van der Waals surface area (Å²) in [5.74, 6) is 2.68. The number of ether oxygens (including phenoxy) is 3. The molecule has 32 heavy (non-hydrogen) atoms. The molecular formula is C25H32ClNO4S. The second kappa shape index (κ2) is 9.72. The summed E-state index contributed by atoms with van der Waals surface area (Å²) in [7, 11) is 0. The lowest BCUT2D eigenvalue weighted by atomic mass is 10.0. The summed E-state index contributed by atoms with van der Waals surface area (Å²) in [5, 5.41) is 10.2. The van der Waals surface area contributed by atoms with Crippen molar-refractivity contribution >= 4 is 24.2 Å². The van der Waals surface area contributed by atoms with Crippen molar-refractivity contribution in [2.24, 2.45) is 0 Å². The summed E-state index contributed by atoms with van der Waals surface area (Å²) in [5.41, 5.74) is 2.55. The fraction of sp³-hybridized carbons (Fsp3) is 0.520. The van der Waals surface area contributed by atoms with Gasteiger partial charge in [0, 0.05) is 12.1 Å². The first-order chi connectivity index (χ1) is 15.1. The van der Waals surface area contributed by atoms with Crippen molar-refractivity contribution in [1.82, 2.24) is 4.90 Å². The molecule has 2 unspecified atom stereocenters. The molecule has 0 aromatic heterocycles. The van der Waals surface area contributed by atoms with Crippen LogP contribution in [0, 0.1) is 0 Å². The molecule has 174 valence electrons. The molecule has 5 nitrogen and oxygen atoms in total. The van der Waals surface area contributed by atoms with Gasteiger partial charge in [-0.05, 0) is 73.9 Å². The first-order valence-corrected chi connectivity index (χ1v) is 12.2.